The van der Waals surface area contributed by atoms with Gasteiger partial charge in [0.1, 0.15) is 30.8 Å². The van der Waals surface area contributed by atoms with E-state index in [2.05, 4.69) is 5.32 Å². The summed E-state index contributed by atoms with van der Waals surface area (Å²) in [6.07, 6.45) is 2.93. The molecule has 2 aromatic rings. The number of nitrogens with one attached hydrogen (secondary N) is 1. The van der Waals surface area contributed by atoms with Crippen LogP contribution in [-0.2, 0) is 24.3 Å². The molecule has 0 heterocycles. The lowest BCUT2D eigenvalue weighted by Crippen LogP contribution is -2.39. The predicted octanol–water partition coefficient (Wildman–Crippen LogP) is 1.48. The van der Waals surface area contributed by atoms with Crippen molar-refractivity contribution in [3.05, 3.63) is 60.2 Å². The van der Waals surface area contributed by atoms with Crippen LogP contribution in [0, 0.1) is 0 Å². The number of esters is 1. The molecule has 0 radical (unpaired) electrons. The standard InChI is InChI=1S/C21H24N2O7S/c1-15(23-20(24)12-5-16-3-6-17(28-2)7-4-16)21(25)30-14-13-29-18-8-10-19(11-9-18)31(22,26)27/h3-12,15H,13-14H2,1-2H3,(H,23,24)(H2,22,26,27)/b12-5+/t15-/m0/s1. The molecular weight excluding hydrogens is 424 g/mol. The summed E-state index contributed by atoms with van der Waals surface area (Å²) in [6, 6.07) is 11.8. The lowest BCUT2D eigenvalue weighted by Gasteiger charge is -2.13. The highest BCUT2D eigenvalue weighted by Gasteiger charge is 2.15. The van der Waals surface area contributed by atoms with E-state index in [-0.39, 0.29) is 18.1 Å². The lowest BCUT2D eigenvalue weighted by molar-refractivity contribution is -0.147. The van der Waals surface area contributed by atoms with Crippen LogP contribution in [0.1, 0.15) is 12.5 Å². The zero-order valence-electron chi connectivity index (χ0n) is 17.1. The van der Waals surface area contributed by atoms with Crippen molar-refractivity contribution in [2.75, 3.05) is 20.3 Å². The molecule has 0 fully saturated rings. The Bertz CT molecular complexity index is 1020. The van der Waals surface area contributed by atoms with Crippen molar-refractivity contribution in [1.82, 2.24) is 5.32 Å². The fourth-order valence-corrected chi connectivity index (χ4v) is 2.88. The van der Waals surface area contributed by atoms with Crippen molar-refractivity contribution in [2.24, 2.45) is 5.14 Å². The van der Waals surface area contributed by atoms with Crippen molar-refractivity contribution < 1.29 is 32.2 Å². The summed E-state index contributed by atoms with van der Waals surface area (Å²) in [4.78, 5) is 23.9. The summed E-state index contributed by atoms with van der Waals surface area (Å²) in [5.74, 6) is 0.0572. The Kier molecular flexibility index (Phi) is 8.59. The smallest absolute Gasteiger partial charge is 0.328 e. The number of methoxy groups -OCH3 is 1. The normalized spacial score (nSPS) is 12.2. The maximum Gasteiger partial charge on any atom is 0.328 e. The van der Waals surface area contributed by atoms with Gasteiger partial charge in [0, 0.05) is 6.08 Å². The molecule has 0 aromatic heterocycles. The lowest BCUT2D eigenvalue weighted by atomic mass is 10.2. The SMILES string of the molecule is COc1ccc(/C=C/C(=O)N[C@@H](C)C(=O)OCCOc2ccc(S(N)(=O)=O)cc2)cc1. The second-order valence-electron chi connectivity index (χ2n) is 6.37. The maximum atomic E-state index is 12.0. The van der Waals surface area contributed by atoms with Crippen LogP contribution in [-0.4, -0.2) is 46.7 Å². The van der Waals surface area contributed by atoms with E-state index >= 15 is 0 Å². The average molecular weight is 448 g/mol. The Hall–Kier alpha value is -3.37. The molecule has 31 heavy (non-hydrogen) atoms. The second-order valence-corrected chi connectivity index (χ2v) is 7.93. The van der Waals surface area contributed by atoms with E-state index in [1.165, 1.54) is 37.3 Å². The number of benzene rings is 2. The molecule has 0 aliphatic carbocycles. The number of sulfonamides is 1. The van der Waals surface area contributed by atoms with Gasteiger partial charge in [0.25, 0.3) is 0 Å². The molecule has 1 amide bonds. The molecule has 0 saturated carbocycles. The summed E-state index contributed by atoms with van der Waals surface area (Å²) in [5.41, 5.74) is 0.806. The monoisotopic (exact) mass is 448 g/mol. The Morgan fingerprint density at radius 2 is 1.65 bits per heavy atom. The van der Waals surface area contributed by atoms with Gasteiger partial charge in [-0.2, -0.15) is 0 Å². The first-order chi connectivity index (χ1) is 14.7. The van der Waals surface area contributed by atoms with E-state index in [1.54, 1.807) is 37.5 Å². The van der Waals surface area contributed by atoms with Gasteiger partial charge in [-0.05, 0) is 55.0 Å². The van der Waals surface area contributed by atoms with Gasteiger partial charge < -0.3 is 19.5 Å². The maximum absolute atomic E-state index is 12.0. The molecule has 0 saturated heterocycles. The fourth-order valence-electron chi connectivity index (χ4n) is 2.36. The zero-order chi connectivity index (χ0) is 22.9. The topological polar surface area (TPSA) is 134 Å². The van der Waals surface area contributed by atoms with Crippen LogP contribution in [0.3, 0.4) is 0 Å². The van der Waals surface area contributed by atoms with Gasteiger partial charge in [-0.1, -0.05) is 12.1 Å². The van der Waals surface area contributed by atoms with Crippen LogP contribution in [0.15, 0.2) is 59.5 Å². The summed E-state index contributed by atoms with van der Waals surface area (Å²) in [6.45, 7) is 1.52. The molecule has 166 valence electrons. The quantitative estimate of drug-likeness (QED) is 0.319. The number of hydrogen-bond acceptors (Lipinski definition) is 7. The number of primary sulfonamides is 1. The Labute approximate surface area is 180 Å². The summed E-state index contributed by atoms with van der Waals surface area (Å²) in [5, 5.41) is 7.54. The third-order valence-electron chi connectivity index (χ3n) is 4.00. The minimum Gasteiger partial charge on any atom is -0.497 e. The summed E-state index contributed by atoms with van der Waals surface area (Å²) >= 11 is 0. The van der Waals surface area contributed by atoms with Gasteiger partial charge in [-0.25, -0.2) is 18.4 Å². The van der Waals surface area contributed by atoms with Crippen LogP contribution in [0.5, 0.6) is 11.5 Å². The van der Waals surface area contributed by atoms with Gasteiger partial charge in [0.15, 0.2) is 0 Å². The van der Waals surface area contributed by atoms with E-state index < -0.39 is 27.9 Å². The van der Waals surface area contributed by atoms with Gasteiger partial charge >= 0.3 is 5.97 Å². The van der Waals surface area contributed by atoms with Gasteiger partial charge in [0.05, 0.1) is 12.0 Å². The molecule has 9 nitrogen and oxygen atoms in total. The average Bonchev–Trinajstić information content (AvgIpc) is 2.75. The number of carbonyl (C=O) groups is 2. The molecule has 10 heteroatoms. The largest absolute Gasteiger partial charge is 0.497 e. The minimum absolute atomic E-state index is 0.0307. The van der Waals surface area contributed by atoms with Crippen molar-refractivity contribution in [3.8, 4) is 11.5 Å². The number of hydrogen-bond donors (Lipinski definition) is 2. The van der Waals surface area contributed by atoms with Crippen molar-refractivity contribution in [2.45, 2.75) is 17.9 Å². The van der Waals surface area contributed by atoms with E-state index in [9.17, 15) is 18.0 Å². The third-order valence-corrected chi connectivity index (χ3v) is 4.93. The molecule has 0 bridgehead atoms. The predicted molar refractivity (Wildman–Crippen MR) is 114 cm³/mol. The molecule has 0 aliphatic rings. The molecule has 1 atom stereocenters. The van der Waals surface area contributed by atoms with Gasteiger partial charge in [0.2, 0.25) is 15.9 Å². The van der Waals surface area contributed by atoms with E-state index in [4.69, 9.17) is 19.3 Å². The first-order valence-electron chi connectivity index (χ1n) is 9.24. The molecule has 0 aliphatic heterocycles. The van der Waals surface area contributed by atoms with Crippen LogP contribution in [0.25, 0.3) is 6.08 Å². The van der Waals surface area contributed by atoms with E-state index in [0.717, 1.165) is 5.56 Å². The van der Waals surface area contributed by atoms with Crippen molar-refractivity contribution in [3.63, 3.8) is 0 Å². The molecule has 0 spiro atoms. The zero-order valence-corrected chi connectivity index (χ0v) is 17.9. The van der Waals surface area contributed by atoms with Crippen LogP contribution in [0.2, 0.25) is 0 Å². The highest BCUT2D eigenvalue weighted by Crippen LogP contribution is 2.15. The first kappa shape index (κ1) is 23.9. The molecular formula is C21H24N2O7S. The minimum atomic E-state index is -3.77. The number of amides is 1. The summed E-state index contributed by atoms with van der Waals surface area (Å²) < 4.78 is 37.9. The first-order valence-corrected chi connectivity index (χ1v) is 10.8. The Morgan fingerprint density at radius 3 is 2.23 bits per heavy atom. The highest BCUT2D eigenvalue weighted by atomic mass is 32.2. The van der Waals surface area contributed by atoms with E-state index in [0.29, 0.717) is 11.5 Å². The third kappa shape index (κ3) is 8.11. The van der Waals surface area contributed by atoms with Crippen LogP contribution < -0.4 is 19.9 Å². The fraction of sp³-hybridized carbons (Fsp3) is 0.238. The molecule has 2 rings (SSSR count). The summed E-state index contributed by atoms with van der Waals surface area (Å²) in [7, 11) is -2.20. The molecule has 2 aromatic carbocycles. The van der Waals surface area contributed by atoms with Crippen LogP contribution >= 0.6 is 0 Å². The molecule has 0 unspecified atom stereocenters. The van der Waals surface area contributed by atoms with Crippen LogP contribution in [0.4, 0.5) is 0 Å². The molecule has 3 N–H and O–H groups in total. The number of carbonyl (C=O) groups excluding carboxylic acids is 2. The number of ether oxygens (including phenoxy) is 3. The number of nitrogens with two attached hydrogens (primary N) is 1. The highest BCUT2D eigenvalue weighted by molar-refractivity contribution is 7.89. The van der Waals surface area contributed by atoms with E-state index in [1.807, 2.05) is 0 Å². The second kappa shape index (κ2) is 11.1. The Balaban J connectivity index is 1.71. The number of rotatable bonds is 10. The van der Waals surface area contributed by atoms with Crippen molar-refractivity contribution in [1.29, 1.82) is 0 Å². The van der Waals surface area contributed by atoms with Gasteiger partial charge in [-0.15, -0.1) is 0 Å². The Morgan fingerprint density at radius 1 is 1.03 bits per heavy atom. The van der Waals surface area contributed by atoms with Gasteiger partial charge in [-0.3, -0.25) is 4.79 Å². The van der Waals surface area contributed by atoms with Crippen molar-refractivity contribution >= 4 is 28.0 Å².